The number of nitrogens with zero attached hydrogens (tertiary/aromatic N) is 3. The van der Waals surface area contributed by atoms with E-state index in [1.165, 1.54) is 10.5 Å². The number of hydrogen-bond acceptors (Lipinski definition) is 4. The fraction of sp³-hybridized carbons (Fsp3) is 0.560. The van der Waals surface area contributed by atoms with Crippen molar-refractivity contribution in [1.29, 1.82) is 0 Å². The minimum atomic E-state index is -0.223. The molecule has 164 valence electrons. The normalized spacial score (nSPS) is 30.2. The van der Waals surface area contributed by atoms with Gasteiger partial charge in [0, 0.05) is 19.6 Å². The average molecular weight is 422 g/mol. The van der Waals surface area contributed by atoms with Gasteiger partial charge in [0.2, 0.25) is 17.7 Å². The summed E-state index contributed by atoms with van der Waals surface area (Å²) in [7, 11) is 0. The molecule has 4 unspecified atom stereocenters. The van der Waals surface area contributed by atoms with Crippen molar-refractivity contribution < 1.29 is 14.4 Å². The van der Waals surface area contributed by atoms with Crippen molar-refractivity contribution in [2.75, 3.05) is 39.3 Å². The topological polar surface area (TPSA) is 60.9 Å². The van der Waals surface area contributed by atoms with Crippen molar-refractivity contribution in [2.24, 2.45) is 23.7 Å². The summed E-state index contributed by atoms with van der Waals surface area (Å²) in [6.07, 6.45) is 8.19. The minimum Gasteiger partial charge on any atom is -0.340 e. The highest BCUT2D eigenvalue weighted by Gasteiger charge is 2.59. The van der Waals surface area contributed by atoms with Crippen molar-refractivity contribution in [1.82, 2.24) is 14.7 Å². The van der Waals surface area contributed by atoms with E-state index in [4.69, 9.17) is 0 Å². The molecule has 2 saturated heterocycles. The third-order valence-electron chi connectivity index (χ3n) is 7.58. The van der Waals surface area contributed by atoms with Crippen LogP contribution < -0.4 is 0 Å². The van der Waals surface area contributed by atoms with E-state index in [0.717, 1.165) is 45.3 Å². The van der Waals surface area contributed by atoms with Crippen LogP contribution in [0.1, 0.15) is 24.8 Å². The van der Waals surface area contributed by atoms with E-state index in [2.05, 4.69) is 41.3 Å². The Bertz CT molecular complexity index is 853. The summed E-state index contributed by atoms with van der Waals surface area (Å²) in [6.45, 7) is 4.14. The summed E-state index contributed by atoms with van der Waals surface area (Å²) in [4.78, 5) is 44.2. The van der Waals surface area contributed by atoms with Crippen LogP contribution in [-0.2, 0) is 20.8 Å². The lowest BCUT2D eigenvalue weighted by molar-refractivity contribution is -0.147. The molecular weight excluding hydrogens is 390 g/mol. The number of carbonyl (C=O) groups is 3. The third-order valence-corrected chi connectivity index (χ3v) is 7.58. The van der Waals surface area contributed by atoms with E-state index < -0.39 is 0 Å². The summed E-state index contributed by atoms with van der Waals surface area (Å²) in [5.41, 5.74) is 1.36. The van der Waals surface area contributed by atoms with Gasteiger partial charge in [-0.25, -0.2) is 0 Å². The van der Waals surface area contributed by atoms with Crippen molar-refractivity contribution >= 4 is 17.7 Å². The van der Waals surface area contributed by atoms with Crippen LogP contribution >= 0.6 is 0 Å². The molecule has 0 aromatic heterocycles. The quantitative estimate of drug-likeness (QED) is 0.520. The van der Waals surface area contributed by atoms with Gasteiger partial charge >= 0.3 is 0 Å². The molecule has 2 aliphatic heterocycles. The molecule has 1 saturated carbocycles. The number of hydrogen-bond donors (Lipinski definition) is 0. The predicted molar refractivity (Wildman–Crippen MR) is 117 cm³/mol. The number of rotatable bonds is 6. The molecule has 0 radical (unpaired) electrons. The third kappa shape index (κ3) is 3.93. The standard InChI is InChI=1S/C25H31N3O3/c29-21(17-28-24(30)22-19-9-10-20(16-19)23(22)25(28)31)27-13-5-12-26(14-15-27)11-4-8-18-6-2-1-3-7-18/h1-3,6-7,9-10,19-20,22-23H,4-5,8,11-17H2. The Kier molecular flexibility index (Phi) is 5.65. The van der Waals surface area contributed by atoms with Gasteiger partial charge in [-0.05, 0) is 56.2 Å². The number of allylic oxidation sites excluding steroid dienone is 2. The monoisotopic (exact) mass is 421 g/mol. The van der Waals surface area contributed by atoms with Crippen LogP contribution in [0.3, 0.4) is 0 Å². The Balaban J connectivity index is 1.11. The van der Waals surface area contributed by atoms with Gasteiger partial charge in [0.05, 0.1) is 11.8 Å². The molecule has 1 aromatic rings. The molecule has 2 aliphatic carbocycles. The number of fused-ring (bicyclic) bond motifs is 5. The molecule has 3 amide bonds. The Hall–Kier alpha value is -2.47. The van der Waals surface area contributed by atoms with Gasteiger partial charge in [0.25, 0.3) is 0 Å². The maximum atomic E-state index is 12.9. The molecule has 6 nitrogen and oxygen atoms in total. The van der Waals surface area contributed by atoms with E-state index in [0.29, 0.717) is 13.1 Å². The van der Waals surface area contributed by atoms with Crippen LogP contribution in [0.4, 0.5) is 0 Å². The number of benzene rings is 1. The van der Waals surface area contributed by atoms with Crippen LogP contribution in [0.5, 0.6) is 0 Å². The van der Waals surface area contributed by atoms with Gasteiger partial charge in [-0.1, -0.05) is 42.5 Å². The maximum Gasteiger partial charge on any atom is 0.242 e. The van der Waals surface area contributed by atoms with Crippen LogP contribution in [0.2, 0.25) is 0 Å². The summed E-state index contributed by atoms with van der Waals surface area (Å²) in [6, 6.07) is 10.5. The average Bonchev–Trinajstić information content (AvgIpc) is 3.40. The summed E-state index contributed by atoms with van der Waals surface area (Å²) in [5, 5.41) is 0. The fourth-order valence-corrected chi connectivity index (χ4v) is 5.95. The largest absolute Gasteiger partial charge is 0.340 e. The first-order valence-electron chi connectivity index (χ1n) is 11.7. The van der Waals surface area contributed by atoms with E-state index in [-0.39, 0.29) is 47.9 Å². The Morgan fingerprint density at radius 2 is 1.61 bits per heavy atom. The second kappa shape index (κ2) is 8.58. The van der Waals surface area contributed by atoms with E-state index >= 15 is 0 Å². The lowest BCUT2D eigenvalue weighted by Gasteiger charge is -2.24. The molecule has 2 heterocycles. The van der Waals surface area contributed by atoms with E-state index in [1.54, 1.807) is 0 Å². The van der Waals surface area contributed by atoms with Crippen molar-refractivity contribution in [3.63, 3.8) is 0 Å². The first-order chi connectivity index (χ1) is 15.1. The van der Waals surface area contributed by atoms with Crippen LogP contribution in [0, 0.1) is 23.7 Å². The first kappa shape index (κ1) is 20.4. The molecule has 1 aromatic carbocycles. The highest BCUT2D eigenvalue weighted by Crippen LogP contribution is 2.52. The van der Waals surface area contributed by atoms with Crippen molar-refractivity contribution in [3.8, 4) is 0 Å². The van der Waals surface area contributed by atoms with Crippen molar-refractivity contribution in [3.05, 3.63) is 48.0 Å². The van der Waals surface area contributed by atoms with E-state index in [1.807, 2.05) is 11.0 Å². The Morgan fingerprint density at radius 3 is 2.32 bits per heavy atom. The maximum absolute atomic E-state index is 12.9. The number of carbonyl (C=O) groups excluding carboxylic acids is 3. The zero-order valence-electron chi connectivity index (χ0n) is 18.0. The molecule has 2 bridgehead atoms. The molecular formula is C25H31N3O3. The van der Waals surface area contributed by atoms with Gasteiger partial charge in [-0.3, -0.25) is 19.3 Å². The smallest absolute Gasteiger partial charge is 0.242 e. The van der Waals surface area contributed by atoms with Crippen LogP contribution in [0.15, 0.2) is 42.5 Å². The van der Waals surface area contributed by atoms with Crippen LogP contribution in [0.25, 0.3) is 0 Å². The molecule has 0 N–H and O–H groups in total. The van der Waals surface area contributed by atoms with E-state index in [9.17, 15) is 14.4 Å². The van der Waals surface area contributed by atoms with Gasteiger partial charge in [-0.15, -0.1) is 0 Å². The molecule has 5 rings (SSSR count). The molecule has 3 fully saturated rings. The number of amides is 3. The van der Waals surface area contributed by atoms with Gasteiger partial charge in [0.15, 0.2) is 0 Å². The zero-order chi connectivity index (χ0) is 21.4. The molecule has 31 heavy (non-hydrogen) atoms. The first-order valence-corrected chi connectivity index (χ1v) is 11.7. The number of imide groups is 1. The Morgan fingerprint density at radius 1 is 0.903 bits per heavy atom. The van der Waals surface area contributed by atoms with Gasteiger partial charge < -0.3 is 9.80 Å². The SMILES string of the molecule is O=C(CN1C(=O)C2C3C=CC(C3)C2C1=O)N1CCCN(CCCc2ccccc2)CC1. The minimum absolute atomic E-state index is 0.0852. The summed E-state index contributed by atoms with van der Waals surface area (Å²) in [5.74, 6) is -0.411. The zero-order valence-corrected chi connectivity index (χ0v) is 18.0. The lowest BCUT2D eigenvalue weighted by Crippen LogP contribution is -2.45. The molecule has 6 heteroatoms. The van der Waals surface area contributed by atoms with Crippen LogP contribution in [-0.4, -0.2) is 71.7 Å². The number of likely N-dealkylation sites (tertiary alicyclic amines) is 1. The highest BCUT2D eigenvalue weighted by atomic mass is 16.2. The second-order valence-corrected chi connectivity index (χ2v) is 9.43. The summed E-state index contributed by atoms with van der Waals surface area (Å²) >= 11 is 0. The predicted octanol–water partition coefficient (Wildman–Crippen LogP) is 1.96. The molecule has 4 aliphatic rings. The fourth-order valence-electron chi connectivity index (χ4n) is 5.95. The van der Waals surface area contributed by atoms with Gasteiger partial charge in [-0.2, -0.15) is 0 Å². The Labute approximate surface area is 183 Å². The van der Waals surface area contributed by atoms with Gasteiger partial charge in [0.1, 0.15) is 6.54 Å². The molecule has 4 atom stereocenters. The lowest BCUT2D eigenvalue weighted by atomic mass is 9.85. The molecule has 0 spiro atoms. The van der Waals surface area contributed by atoms with Crippen molar-refractivity contribution in [2.45, 2.75) is 25.7 Å². The highest BCUT2D eigenvalue weighted by molar-refractivity contribution is 6.08. The summed E-state index contributed by atoms with van der Waals surface area (Å²) < 4.78 is 0. The number of aryl methyl sites for hydroxylation is 1. The second-order valence-electron chi connectivity index (χ2n) is 9.43.